The molecule has 0 atom stereocenters. The van der Waals surface area contributed by atoms with Crippen molar-refractivity contribution in [2.75, 3.05) is 0 Å². The fraction of sp³-hybridized carbons (Fsp3) is 0. The maximum atomic E-state index is 7.49. The van der Waals surface area contributed by atoms with Crippen LogP contribution in [0.4, 0.5) is 0 Å². The zero-order valence-corrected chi connectivity index (χ0v) is 37.9. The third-order valence-electron chi connectivity index (χ3n) is 14.2. The van der Waals surface area contributed by atoms with Gasteiger partial charge in [0.05, 0.1) is 22.1 Å². The number of hydrogen-bond acceptors (Lipinski definition) is 0. The molecule has 0 aliphatic heterocycles. The largest absolute Gasteiger partial charge is 0.310 e. The molecular weight excluding hydrogens is 838 g/mol. The fourth-order valence-corrected chi connectivity index (χ4v) is 10.9. The highest BCUT2D eigenvalue weighted by Crippen LogP contribution is 2.39. The summed E-state index contributed by atoms with van der Waals surface area (Å²) in [4.78, 5) is 0. The molecule has 0 saturated heterocycles. The lowest BCUT2D eigenvalue weighted by atomic mass is 9.64. The molecule has 13 rings (SSSR count). The van der Waals surface area contributed by atoms with Crippen LogP contribution in [-0.2, 0) is 0 Å². The van der Waals surface area contributed by atoms with Crippen LogP contribution < -0.4 is 38.2 Å². The van der Waals surface area contributed by atoms with Crippen LogP contribution in [0.5, 0.6) is 0 Å². The van der Waals surface area contributed by atoms with E-state index in [9.17, 15) is 0 Å². The molecule has 0 amide bonds. The quantitative estimate of drug-likeness (QED) is 0.154. The summed E-state index contributed by atoms with van der Waals surface area (Å²) in [6, 6.07) is 67.5. The summed E-state index contributed by atoms with van der Waals surface area (Å²) in [5, 5.41) is 5.49. The van der Waals surface area contributed by atoms with Crippen LogP contribution >= 0.6 is 0 Å². The van der Waals surface area contributed by atoms with Crippen LogP contribution in [0.15, 0.2) is 194 Å². The maximum Gasteiger partial charge on any atom is 0.115 e. The SMILES string of the molecule is [B]c1c([B])c([B])c2c(c1[B])c1c([B])c(-c3ccc4c(c3)c3ccc(-c5ccccc5)cc3n4-c3ccc(-c4ccccc4)cc3)c([B])c([B])c1n2-c1cccc(-n2c3ccccc3c3ccccc32)c1. The van der Waals surface area contributed by atoms with Gasteiger partial charge in [0.1, 0.15) is 54.9 Å². The van der Waals surface area contributed by atoms with Gasteiger partial charge in [-0.3, -0.25) is 0 Å². The van der Waals surface area contributed by atoms with E-state index in [-0.39, 0.29) is 21.9 Å². The van der Waals surface area contributed by atoms with Crippen LogP contribution in [0.2, 0.25) is 0 Å². The molecule has 70 heavy (non-hydrogen) atoms. The third-order valence-corrected chi connectivity index (χ3v) is 14.2. The van der Waals surface area contributed by atoms with Gasteiger partial charge in [-0.05, 0) is 99.4 Å². The first kappa shape index (κ1) is 42.2. The minimum absolute atomic E-state index is 0.167. The lowest BCUT2D eigenvalue weighted by Crippen LogP contribution is -2.48. The monoisotopic (exact) mass is 871 g/mol. The molecule has 3 nitrogen and oxygen atoms in total. The second kappa shape index (κ2) is 16.1. The molecule has 14 radical (unpaired) electrons. The van der Waals surface area contributed by atoms with Crippen molar-refractivity contribution in [3.63, 3.8) is 0 Å². The summed E-state index contributed by atoms with van der Waals surface area (Å²) in [6.07, 6.45) is 0. The smallest absolute Gasteiger partial charge is 0.115 e. The van der Waals surface area contributed by atoms with Gasteiger partial charge >= 0.3 is 0 Å². The summed E-state index contributed by atoms with van der Waals surface area (Å²) in [7, 11) is 49.4. The second-order valence-corrected chi connectivity index (χ2v) is 18.0. The minimum atomic E-state index is 0.167. The molecule has 3 aromatic heterocycles. The standard InChI is InChI=1S/C60H32B7N3/c61-52-49(37-25-29-47-44(30-37)43-28-24-36(34-14-5-2-6-15-34)31-48(43)68(47)38-26-22-35(23-27-38)33-12-3-1-4-13-33)53(62)57(66)59-50(52)51-54(63)55(64)56(65)58(67)60(51)70(59)40-17-11-16-39(32-40)69-45-20-9-7-18-41(45)42-19-8-10-21-46(42)69/h1-32H. The highest BCUT2D eigenvalue weighted by molar-refractivity contribution is 6.69. The number of nitrogens with zero attached hydrogens (tertiary/aromatic N) is 3. The molecule has 13 aromatic rings. The molecule has 0 N–H and O–H groups in total. The van der Waals surface area contributed by atoms with E-state index in [0.29, 0.717) is 43.8 Å². The van der Waals surface area contributed by atoms with Gasteiger partial charge in [-0.2, -0.15) is 0 Å². The number of benzene rings is 10. The molecule has 10 heteroatoms. The van der Waals surface area contributed by atoms with Crippen LogP contribution in [0.3, 0.4) is 0 Å². The second-order valence-electron chi connectivity index (χ2n) is 18.0. The van der Waals surface area contributed by atoms with E-state index in [4.69, 9.17) is 54.9 Å². The number of fused-ring (bicyclic) bond motifs is 9. The summed E-state index contributed by atoms with van der Waals surface area (Å²) in [5.41, 5.74) is 15.7. The zero-order chi connectivity index (χ0) is 47.5. The molecule has 0 fully saturated rings. The Bertz CT molecular complexity index is 4250. The molecule has 0 bridgehead atoms. The number of aromatic nitrogens is 3. The van der Waals surface area contributed by atoms with Crippen LogP contribution in [-0.4, -0.2) is 68.6 Å². The van der Waals surface area contributed by atoms with Crippen molar-refractivity contribution >= 4 is 159 Å². The van der Waals surface area contributed by atoms with Crippen LogP contribution in [0.25, 0.3) is 116 Å². The Morgan fingerprint density at radius 2 is 0.714 bits per heavy atom. The van der Waals surface area contributed by atoms with Gasteiger partial charge in [-0.25, -0.2) is 0 Å². The molecule has 0 aliphatic carbocycles. The van der Waals surface area contributed by atoms with Gasteiger partial charge in [-0.15, -0.1) is 10.9 Å². The van der Waals surface area contributed by atoms with E-state index in [1.807, 2.05) is 28.8 Å². The molecule has 0 aliphatic rings. The number of hydrogen-bond donors (Lipinski definition) is 0. The molecular formula is C60H32B7N3. The molecule has 10 aromatic carbocycles. The fourth-order valence-electron chi connectivity index (χ4n) is 10.9. The molecule has 308 valence electrons. The summed E-state index contributed by atoms with van der Waals surface area (Å²) >= 11 is 0. The van der Waals surface area contributed by atoms with Crippen molar-refractivity contribution in [1.29, 1.82) is 0 Å². The Morgan fingerprint density at radius 3 is 1.37 bits per heavy atom. The van der Waals surface area contributed by atoms with Gasteiger partial charge in [0.15, 0.2) is 0 Å². The van der Waals surface area contributed by atoms with Gasteiger partial charge in [0.2, 0.25) is 0 Å². The first-order valence-electron chi connectivity index (χ1n) is 23.1. The Morgan fingerprint density at radius 1 is 0.243 bits per heavy atom. The Kier molecular flexibility index (Phi) is 9.68. The van der Waals surface area contributed by atoms with E-state index < -0.39 is 0 Å². The normalized spacial score (nSPS) is 11.8. The molecule has 0 spiro atoms. The van der Waals surface area contributed by atoms with Gasteiger partial charge in [0, 0.05) is 55.0 Å². The van der Waals surface area contributed by atoms with Crippen LogP contribution in [0.1, 0.15) is 0 Å². The molecule has 0 saturated carbocycles. The number of para-hydroxylation sites is 2. The van der Waals surface area contributed by atoms with Crippen molar-refractivity contribution < 1.29 is 0 Å². The highest BCUT2D eigenvalue weighted by Gasteiger charge is 2.25. The van der Waals surface area contributed by atoms with Gasteiger partial charge in [0.25, 0.3) is 0 Å². The van der Waals surface area contributed by atoms with Crippen molar-refractivity contribution in [3.8, 4) is 50.4 Å². The van der Waals surface area contributed by atoms with E-state index in [1.54, 1.807) is 0 Å². The van der Waals surface area contributed by atoms with E-state index in [0.717, 1.165) is 88.5 Å². The average molecular weight is 871 g/mol. The Balaban J connectivity index is 1.05. The van der Waals surface area contributed by atoms with Gasteiger partial charge < -0.3 is 13.7 Å². The topological polar surface area (TPSA) is 14.8 Å². The van der Waals surface area contributed by atoms with E-state index in [1.165, 1.54) is 0 Å². The van der Waals surface area contributed by atoms with Crippen molar-refractivity contribution in [2.24, 2.45) is 0 Å². The summed E-state index contributed by atoms with van der Waals surface area (Å²) in [6.45, 7) is 0. The summed E-state index contributed by atoms with van der Waals surface area (Å²) in [5.74, 6) is 0. The van der Waals surface area contributed by atoms with Gasteiger partial charge in [-0.1, -0.05) is 161 Å². The number of rotatable bonds is 6. The predicted octanol–water partition coefficient (Wildman–Crippen LogP) is 7.54. The molecule has 3 heterocycles. The van der Waals surface area contributed by atoms with E-state index in [2.05, 4.69) is 179 Å². The average Bonchev–Trinajstić information content (AvgIpc) is 4.06. The Hall–Kier alpha value is -7.95. The first-order chi connectivity index (χ1) is 34.2. The lowest BCUT2D eigenvalue weighted by Gasteiger charge is -2.20. The maximum absolute atomic E-state index is 7.49. The highest BCUT2D eigenvalue weighted by atomic mass is 15.0. The predicted molar refractivity (Wildman–Crippen MR) is 303 cm³/mol. The van der Waals surface area contributed by atoms with Crippen LogP contribution in [0, 0.1) is 0 Å². The lowest BCUT2D eigenvalue weighted by molar-refractivity contribution is 1.14. The minimum Gasteiger partial charge on any atom is -0.310 e. The molecule has 0 unspecified atom stereocenters. The van der Waals surface area contributed by atoms with Crippen molar-refractivity contribution in [2.45, 2.75) is 0 Å². The third kappa shape index (κ3) is 6.18. The van der Waals surface area contributed by atoms with Crippen molar-refractivity contribution in [1.82, 2.24) is 13.7 Å². The van der Waals surface area contributed by atoms with Crippen molar-refractivity contribution in [3.05, 3.63) is 194 Å². The van der Waals surface area contributed by atoms with E-state index >= 15 is 0 Å². The Labute approximate surface area is 414 Å². The summed E-state index contributed by atoms with van der Waals surface area (Å²) < 4.78 is 6.54. The first-order valence-corrected chi connectivity index (χ1v) is 23.1. The zero-order valence-electron chi connectivity index (χ0n) is 37.9.